The Hall–Kier alpha value is -1.68. The van der Waals surface area contributed by atoms with Gasteiger partial charge in [0.1, 0.15) is 5.82 Å². The van der Waals surface area contributed by atoms with Crippen LogP contribution < -0.4 is 5.32 Å². The minimum Gasteiger partial charge on any atom is -0.348 e. The third-order valence-electron chi connectivity index (χ3n) is 2.97. The number of halogens is 2. The molecule has 2 aromatic rings. The van der Waals surface area contributed by atoms with E-state index in [2.05, 4.69) is 21.2 Å². The zero-order valence-corrected chi connectivity index (χ0v) is 12.7. The van der Waals surface area contributed by atoms with Crippen LogP contribution >= 0.6 is 15.9 Å². The first-order valence-corrected chi connectivity index (χ1v) is 7.40. The van der Waals surface area contributed by atoms with Crippen molar-refractivity contribution in [3.63, 3.8) is 0 Å². The van der Waals surface area contributed by atoms with Crippen LogP contribution in [0.3, 0.4) is 0 Å². The Kier molecular flexibility index (Phi) is 4.90. The second-order valence-corrected chi connectivity index (χ2v) is 5.18. The number of alkyl halides is 1. The normalized spacial score (nSPS) is 10.3. The lowest BCUT2D eigenvalue weighted by molar-refractivity contribution is 0.0947. The molecule has 0 atom stereocenters. The predicted molar refractivity (Wildman–Crippen MR) is 81.4 cm³/mol. The first kappa shape index (κ1) is 14.7. The average molecular weight is 336 g/mol. The molecule has 2 aromatic carbocycles. The van der Waals surface area contributed by atoms with Gasteiger partial charge in [-0.1, -0.05) is 51.8 Å². The van der Waals surface area contributed by atoms with E-state index in [1.165, 1.54) is 6.07 Å². The molecular weight excluding hydrogens is 321 g/mol. The van der Waals surface area contributed by atoms with E-state index in [9.17, 15) is 9.18 Å². The molecule has 0 bridgehead atoms. The van der Waals surface area contributed by atoms with Crippen LogP contribution in [0.15, 0.2) is 42.5 Å². The maximum absolute atomic E-state index is 13.6. The number of carbonyl (C=O) groups is 1. The molecule has 0 saturated carbocycles. The number of aryl methyl sites for hydroxylation is 1. The third kappa shape index (κ3) is 3.67. The van der Waals surface area contributed by atoms with Gasteiger partial charge >= 0.3 is 0 Å². The minimum atomic E-state index is -0.498. The highest BCUT2D eigenvalue weighted by Gasteiger charge is 2.11. The number of rotatable bonds is 4. The van der Waals surface area contributed by atoms with Crippen molar-refractivity contribution < 1.29 is 9.18 Å². The first-order valence-electron chi connectivity index (χ1n) is 6.28. The largest absolute Gasteiger partial charge is 0.348 e. The van der Waals surface area contributed by atoms with E-state index in [1.807, 2.05) is 31.2 Å². The highest BCUT2D eigenvalue weighted by Crippen LogP contribution is 2.11. The smallest absolute Gasteiger partial charge is 0.254 e. The second-order valence-electron chi connectivity index (χ2n) is 4.62. The van der Waals surface area contributed by atoms with Gasteiger partial charge in [0.2, 0.25) is 0 Å². The van der Waals surface area contributed by atoms with Crippen molar-refractivity contribution >= 4 is 21.8 Å². The summed E-state index contributed by atoms with van der Waals surface area (Å²) in [5.41, 5.74) is 3.07. The lowest BCUT2D eigenvalue weighted by atomic mass is 10.1. The molecule has 1 amide bonds. The molecule has 0 fully saturated rings. The van der Waals surface area contributed by atoms with Gasteiger partial charge in [-0.05, 0) is 30.2 Å². The maximum atomic E-state index is 13.6. The lowest BCUT2D eigenvalue weighted by Crippen LogP contribution is -2.24. The van der Waals surface area contributed by atoms with Crippen molar-refractivity contribution in [1.82, 2.24) is 5.32 Å². The predicted octanol–water partition coefficient (Wildman–Crippen LogP) is 3.96. The standard InChI is InChI=1S/C16H15BrFNO/c1-11-5-6-15(18)14(7-11)16(20)19-10-13-4-2-3-12(8-13)9-17/h2-8H,9-10H2,1H3,(H,19,20). The molecule has 0 aliphatic rings. The summed E-state index contributed by atoms with van der Waals surface area (Å²) in [7, 11) is 0. The van der Waals surface area contributed by atoms with E-state index >= 15 is 0 Å². The zero-order chi connectivity index (χ0) is 14.5. The van der Waals surface area contributed by atoms with Gasteiger partial charge in [0.15, 0.2) is 0 Å². The van der Waals surface area contributed by atoms with E-state index in [1.54, 1.807) is 12.1 Å². The van der Waals surface area contributed by atoms with Crippen molar-refractivity contribution in [2.75, 3.05) is 0 Å². The third-order valence-corrected chi connectivity index (χ3v) is 3.61. The maximum Gasteiger partial charge on any atom is 0.254 e. The second kappa shape index (κ2) is 6.66. The van der Waals surface area contributed by atoms with Crippen molar-refractivity contribution in [2.24, 2.45) is 0 Å². The number of amides is 1. The zero-order valence-electron chi connectivity index (χ0n) is 11.1. The van der Waals surface area contributed by atoms with E-state index in [-0.39, 0.29) is 5.56 Å². The summed E-state index contributed by atoms with van der Waals surface area (Å²) >= 11 is 3.39. The Morgan fingerprint density at radius 1 is 1.20 bits per heavy atom. The van der Waals surface area contributed by atoms with E-state index in [4.69, 9.17) is 0 Å². The molecule has 0 aliphatic heterocycles. The van der Waals surface area contributed by atoms with Crippen LogP contribution in [0.4, 0.5) is 4.39 Å². The highest BCUT2D eigenvalue weighted by molar-refractivity contribution is 9.08. The first-order chi connectivity index (χ1) is 9.60. The van der Waals surface area contributed by atoms with Gasteiger partial charge in [-0.3, -0.25) is 4.79 Å². The Morgan fingerprint density at radius 2 is 1.95 bits per heavy atom. The van der Waals surface area contributed by atoms with Gasteiger partial charge in [0.25, 0.3) is 5.91 Å². The fourth-order valence-corrected chi connectivity index (χ4v) is 2.26. The Morgan fingerprint density at radius 3 is 2.70 bits per heavy atom. The molecule has 0 radical (unpaired) electrons. The van der Waals surface area contributed by atoms with E-state index in [0.717, 1.165) is 22.0 Å². The Bertz CT molecular complexity index is 628. The fraction of sp³-hybridized carbons (Fsp3) is 0.188. The van der Waals surface area contributed by atoms with Gasteiger partial charge in [-0.15, -0.1) is 0 Å². The summed E-state index contributed by atoms with van der Waals surface area (Å²) < 4.78 is 13.6. The van der Waals surface area contributed by atoms with E-state index < -0.39 is 11.7 Å². The number of hydrogen-bond donors (Lipinski definition) is 1. The molecule has 1 N–H and O–H groups in total. The van der Waals surface area contributed by atoms with Crippen LogP contribution in [0, 0.1) is 12.7 Å². The molecule has 0 aliphatic carbocycles. The minimum absolute atomic E-state index is 0.0849. The number of nitrogens with one attached hydrogen (secondary N) is 1. The molecule has 20 heavy (non-hydrogen) atoms. The Balaban J connectivity index is 2.06. The van der Waals surface area contributed by atoms with Gasteiger partial charge in [0.05, 0.1) is 5.56 Å². The SMILES string of the molecule is Cc1ccc(F)c(C(=O)NCc2cccc(CBr)c2)c1. The van der Waals surface area contributed by atoms with Crippen LogP contribution in [0.25, 0.3) is 0 Å². The Labute approximate surface area is 126 Å². The van der Waals surface area contributed by atoms with Gasteiger partial charge in [-0.2, -0.15) is 0 Å². The summed E-state index contributed by atoms with van der Waals surface area (Å²) in [5.74, 6) is -0.891. The van der Waals surface area contributed by atoms with E-state index in [0.29, 0.717) is 6.54 Å². The van der Waals surface area contributed by atoms with Crippen LogP contribution in [0.5, 0.6) is 0 Å². The quantitative estimate of drug-likeness (QED) is 0.842. The number of benzene rings is 2. The number of hydrogen-bond acceptors (Lipinski definition) is 1. The summed E-state index contributed by atoms with van der Waals surface area (Å²) in [6.45, 7) is 2.21. The molecule has 4 heteroatoms. The average Bonchev–Trinajstić information content (AvgIpc) is 2.47. The monoisotopic (exact) mass is 335 g/mol. The van der Waals surface area contributed by atoms with Gasteiger partial charge in [0, 0.05) is 11.9 Å². The van der Waals surface area contributed by atoms with Crippen molar-refractivity contribution in [3.05, 3.63) is 70.5 Å². The van der Waals surface area contributed by atoms with Crippen LogP contribution in [0.2, 0.25) is 0 Å². The lowest BCUT2D eigenvalue weighted by Gasteiger charge is -2.08. The van der Waals surface area contributed by atoms with Gasteiger partial charge in [-0.25, -0.2) is 4.39 Å². The van der Waals surface area contributed by atoms with Crippen LogP contribution in [-0.4, -0.2) is 5.91 Å². The summed E-state index contributed by atoms with van der Waals surface area (Å²) in [6.07, 6.45) is 0. The molecule has 0 aromatic heterocycles. The molecule has 0 heterocycles. The molecule has 104 valence electrons. The summed E-state index contributed by atoms with van der Waals surface area (Å²) in [4.78, 5) is 12.0. The fourth-order valence-electron chi connectivity index (χ4n) is 1.91. The van der Waals surface area contributed by atoms with Crippen molar-refractivity contribution in [1.29, 1.82) is 0 Å². The molecule has 0 saturated heterocycles. The summed E-state index contributed by atoms with van der Waals surface area (Å²) in [5, 5.41) is 3.51. The molecular formula is C16H15BrFNO. The summed E-state index contributed by atoms with van der Waals surface area (Å²) in [6, 6.07) is 12.4. The molecule has 2 rings (SSSR count). The topological polar surface area (TPSA) is 29.1 Å². The molecule has 0 unspecified atom stereocenters. The van der Waals surface area contributed by atoms with Crippen molar-refractivity contribution in [3.8, 4) is 0 Å². The van der Waals surface area contributed by atoms with Crippen LogP contribution in [-0.2, 0) is 11.9 Å². The molecule has 0 spiro atoms. The van der Waals surface area contributed by atoms with Crippen molar-refractivity contribution in [2.45, 2.75) is 18.8 Å². The molecule has 2 nitrogen and oxygen atoms in total. The number of carbonyl (C=O) groups excluding carboxylic acids is 1. The van der Waals surface area contributed by atoms with Gasteiger partial charge < -0.3 is 5.32 Å². The van der Waals surface area contributed by atoms with Crippen LogP contribution in [0.1, 0.15) is 27.0 Å². The highest BCUT2D eigenvalue weighted by atomic mass is 79.9.